The average Bonchev–Trinajstić information content (AvgIpc) is 3.00. The Morgan fingerprint density at radius 3 is 2.64 bits per heavy atom. The van der Waals surface area contributed by atoms with Crippen LogP contribution in [0, 0.1) is 18.8 Å². The highest BCUT2D eigenvalue weighted by Crippen LogP contribution is 2.39. The summed E-state index contributed by atoms with van der Waals surface area (Å²) in [5.41, 5.74) is 2.88. The van der Waals surface area contributed by atoms with Crippen molar-refractivity contribution in [3.63, 3.8) is 0 Å². The van der Waals surface area contributed by atoms with Crippen LogP contribution in [0.15, 0.2) is 24.3 Å². The molecule has 1 fully saturated rings. The van der Waals surface area contributed by atoms with Gasteiger partial charge >= 0.3 is 0 Å². The quantitative estimate of drug-likeness (QED) is 0.661. The van der Waals surface area contributed by atoms with E-state index >= 15 is 0 Å². The molecular formula is C13H17Cl. The Morgan fingerprint density at radius 2 is 2.07 bits per heavy atom. The Labute approximate surface area is 91.3 Å². The molecule has 1 saturated carbocycles. The molecule has 0 aromatic heterocycles. The summed E-state index contributed by atoms with van der Waals surface area (Å²) < 4.78 is 0. The largest absolute Gasteiger partial charge is 0.126 e. The molecule has 1 aliphatic rings. The second kappa shape index (κ2) is 4.35. The lowest BCUT2D eigenvalue weighted by molar-refractivity contribution is 0.512. The molecule has 1 aromatic rings. The van der Waals surface area contributed by atoms with Crippen molar-refractivity contribution in [2.45, 2.75) is 26.2 Å². The van der Waals surface area contributed by atoms with Gasteiger partial charge in [-0.2, -0.15) is 0 Å². The number of rotatable bonds is 4. The maximum Gasteiger partial charge on any atom is 0.0257 e. The van der Waals surface area contributed by atoms with Crippen LogP contribution in [0.25, 0.3) is 0 Å². The highest BCUT2D eigenvalue weighted by atomic mass is 35.5. The summed E-state index contributed by atoms with van der Waals surface area (Å²) in [6, 6.07) is 8.65. The van der Waals surface area contributed by atoms with Crippen molar-refractivity contribution in [1.82, 2.24) is 0 Å². The molecule has 0 aliphatic heterocycles. The van der Waals surface area contributed by atoms with E-state index in [2.05, 4.69) is 31.2 Å². The molecule has 1 unspecified atom stereocenters. The maximum atomic E-state index is 6.00. The minimum absolute atomic E-state index is 0.706. The van der Waals surface area contributed by atoms with Gasteiger partial charge < -0.3 is 0 Å². The molecule has 76 valence electrons. The lowest BCUT2D eigenvalue weighted by Crippen LogP contribution is -2.09. The van der Waals surface area contributed by atoms with E-state index in [0.29, 0.717) is 5.92 Å². The fourth-order valence-electron chi connectivity index (χ4n) is 2.04. The van der Waals surface area contributed by atoms with Gasteiger partial charge in [-0.1, -0.05) is 24.3 Å². The van der Waals surface area contributed by atoms with Gasteiger partial charge in [0.25, 0.3) is 0 Å². The highest BCUT2D eigenvalue weighted by molar-refractivity contribution is 6.18. The van der Waals surface area contributed by atoms with Gasteiger partial charge in [-0.15, -0.1) is 11.6 Å². The Kier molecular flexibility index (Phi) is 3.12. The van der Waals surface area contributed by atoms with Crippen molar-refractivity contribution in [3.05, 3.63) is 35.4 Å². The molecule has 0 radical (unpaired) electrons. The molecule has 1 aromatic carbocycles. The maximum absolute atomic E-state index is 6.00. The first-order chi connectivity index (χ1) is 6.81. The molecule has 1 atom stereocenters. The Hall–Kier alpha value is -0.490. The van der Waals surface area contributed by atoms with E-state index in [1.165, 1.54) is 30.4 Å². The first-order valence-electron chi connectivity index (χ1n) is 5.41. The standard InChI is InChI=1S/C13H17Cl/c1-10-4-2-3-5-12(10)8-13(9-14)11-6-7-11/h2-5,11,13H,6-9H2,1H3. The van der Waals surface area contributed by atoms with Gasteiger partial charge in [0.1, 0.15) is 0 Å². The van der Waals surface area contributed by atoms with Crippen LogP contribution in [0.5, 0.6) is 0 Å². The van der Waals surface area contributed by atoms with E-state index in [-0.39, 0.29) is 0 Å². The third-order valence-corrected chi connectivity index (χ3v) is 3.63. The fraction of sp³-hybridized carbons (Fsp3) is 0.538. The van der Waals surface area contributed by atoms with E-state index in [1.807, 2.05) is 0 Å². The first-order valence-corrected chi connectivity index (χ1v) is 5.95. The molecule has 0 N–H and O–H groups in total. The van der Waals surface area contributed by atoms with Crippen LogP contribution in [-0.4, -0.2) is 5.88 Å². The van der Waals surface area contributed by atoms with Gasteiger partial charge in [0.2, 0.25) is 0 Å². The van der Waals surface area contributed by atoms with Crippen LogP contribution < -0.4 is 0 Å². The molecule has 0 heterocycles. The summed E-state index contributed by atoms with van der Waals surface area (Å²) in [6.45, 7) is 2.19. The monoisotopic (exact) mass is 208 g/mol. The molecule has 2 rings (SSSR count). The number of hydrogen-bond acceptors (Lipinski definition) is 0. The van der Waals surface area contributed by atoms with Crippen molar-refractivity contribution in [2.75, 3.05) is 5.88 Å². The van der Waals surface area contributed by atoms with Crippen LogP contribution in [-0.2, 0) is 6.42 Å². The minimum Gasteiger partial charge on any atom is -0.126 e. The topological polar surface area (TPSA) is 0 Å². The lowest BCUT2D eigenvalue weighted by Gasteiger charge is -2.14. The number of alkyl halides is 1. The van der Waals surface area contributed by atoms with E-state index in [1.54, 1.807) is 0 Å². The normalized spacial score (nSPS) is 18.1. The van der Waals surface area contributed by atoms with Gasteiger partial charge in [-0.3, -0.25) is 0 Å². The van der Waals surface area contributed by atoms with E-state index in [9.17, 15) is 0 Å². The molecule has 0 nitrogen and oxygen atoms in total. The molecule has 1 aliphatic carbocycles. The van der Waals surface area contributed by atoms with Crippen LogP contribution in [0.4, 0.5) is 0 Å². The van der Waals surface area contributed by atoms with Gasteiger partial charge in [-0.05, 0) is 49.1 Å². The lowest BCUT2D eigenvalue weighted by atomic mass is 9.94. The summed E-state index contributed by atoms with van der Waals surface area (Å²) in [7, 11) is 0. The first kappa shape index (κ1) is 10.0. The number of halogens is 1. The summed E-state index contributed by atoms with van der Waals surface area (Å²) in [6.07, 6.45) is 3.95. The number of aryl methyl sites for hydroxylation is 1. The Morgan fingerprint density at radius 1 is 1.36 bits per heavy atom. The van der Waals surface area contributed by atoms with E-state index in [4.69, 9.17) is 11.6 Å². The predicted octanol–water partition coefficient (Wildman–Crippen LogP) is 3.80. The van der Waals surface area contributed by atoms with Crippen molar-refractivity contribution >= 4 is 11.6 Å². The highest BCUT2D eigenvalue weighted by Gasteiger charge is 2.30. The van der Waals surface area contributed by atoms with Crippen molar-refractivity contribution in [2.24, 2.45) is 11.8 Å². The third-order valence-electron chi connectivity index (χ3n) is 3.23. The zero-order valence-electron chi connectivity index (χ0n) is 8.67. The zero-order valence-corrected chi connectivity index (χ0v) is 9.43. The summed E-state index contributed by atoms with van der Waals surface area (Å²) >= 11 is 6.00. The molecular weight excluding hydrogens is 192 g/mol. The molecule has 0 bridgehead atoms. The molecule has 0 amide bonds. The number of hydrogen-bond donors (Lipinski definition) is 0. The summed E-state index contributed by atoms with van der Waals surface area (Å²) in [5, 5.41) is 0. The second-order valence-electron chi connectivity index (χ2n) is 4.38. The van der Waals surface area contributed by atoms with Gasteiger partial charge in [0.05, 0.1) is 0 Å². The van der Waals surface area contributed by atoms with Crippen molar-refractivity contribution in [3.8, 4) is 0 Å². The van der Waals surface area contributed by atoms with E-state index in [0.717, 1.165) is 11.8 Å². The zero-order chi connectivity index (χ0) is 9.97. The summed E-state index contributed by atoms with van der Waals surface area (Å²) in [5.74, 6) is 2.43. The molecule has 14 heavy (non-hydrogen) atoms. The SMILES string of the molecule is Cc1ccccc1CC(CCl)C1CC1. The Balaban J connectivity index is 2.04. The summed E-state index contributed by atoms with van der Waals surface area (Å²) in [4.78, 5) is 0. The van der Waals surface area contributed by atoms with Crippen LogP contribution in [0.1, 0.15) is 24.0 Å². The molecule has 0 saturated heterocycles. The van der Waals surface area contributed by atoms with Gasteiger partial charge in [-0.25, -0.2) is 0 Å². The fourth-order valence-corrected chi connectivity index (χ4v) is 2.40. The number of benzene rings is 1. The minimum atomic E-state index is 0.706. The Bertz CT molecular complexity index is 302. The predicted molar refractivity (Wildman–Crippen MR) is 61.8 cm³/mol. The van der Waals surface area contributed by atoms with Crippen molar-refractivity contribution < 1.29 is 0 Å². The van der Waals surface area contributed by atoms with Crippen molar-refractivity contribution in [1.29, 1.82) is 0 Å². The smallest absolute Gasteiger partial charge is 0.0257 e. The van der Waals surface area contributed by atoms with Crippen LogP contribution >= 0.6 is 11.6 Å². The van der Waals surface area contributed by atoms with Gasteiger partial charge in [0, 0.05) is 5.88 Å². The van der Waals surface area contributed by atoms with Crippen LogP contribution in [0.2, 0.25) is 0 Å². The third kappa shape index (κ3) is 2.30. The van der Waals surface area contributed by atoms with Gasteiger partial charge in [0.15, 0.2) is 0 Å². The average molecular weight is 209 g/mol. The molecule has 1 heteroatoms. The van der Waals surface area contributed by atoms with E-state index < -0.39 is 0 Å². The molecule has 0 spiro atoms. The second-order valence-corrected chi connectivity index (χ2v) is 4.69. The van der Waals surface area contributed by atoms with Crippen LogP contribution in [0.3, 0.4) is 0 Å².